The topological polar surface area (TPSA) is 78.9 Å². The fourth-order valence-electron chi connectivity index (χ4n) is 9.71. The minimum absolute atomic E-state index is 0.0955. The van der Waals surface area contributed by atoms with E-state index in [0.29, 0.717) is 19.3 Å². The summed E-state index contributed by atoms with van der Waals surface area (Å²) in [6.45, 7) is 6.51. The van der Waals surface area contributed by atoms with E-state index in [9.17, 15) is 14.4 Å². The molecule has 0 saturated carbocycles. The van der Waals surface area contributed by atoms with Crippen molar-refractivity contribution in [2.75, 3.05) is 13.2 Å². The molecule has 0 aromatic heterocycles. The van der Waals surface area contributed by atoms with E-state index in [-0.39, 0.29) is 37.5 Å². The maximum Gasteiger partial charge on any atom is 0.306 e. The van der Waals surface area contributed by atoms with Gasteiger partial charge < -0.3 is 14.2 Å². The Kier molecular flexibility index (Phi) is 64.7. The Bertz CT molecular complexity index is 1560. The lowest BCUT2D eigenvalue weighted by atomic mass is 10.0. The Labute approximate surface area is 496 Å². The van der Waals surface area contributed by atoms with Crippen molar-refractivity contribution < 1.29 is 28.6 Å². The highest BCUT2D eigenvalue weighted by molar-refractivity contribution is 5.71. The van der Waals surface area contributed by atoms with E-state index in [1.807, 2.05) is 0 Å². The van der Waals surface area contributed by atoms with Gasteiger partial charge in [-0.2, -0.15) is 0 Å². The van der Waals surface area contributed by atoms with Crippen LogP contribution in [0.1, 0.15) is 335 Å². The molecule has 0 N–H and O–H groups in total. The van der Waals surface area contributed by atoms with Gasteiger partial charge in [0.25, 0.3) is 0 Å². The first-order chi connectivity index (χ1) is 39.5. The van der Waals surface area contributed by atoms with E-state index in [1.165, 1.54) is 186 Å². The van der Waals surface area contributed by atoms with Crippen LogP contribution in [0.5, 0.6) is 0 Å². The van der Waals surface area contributed by atoms with Gasteiger partial charge in [0, 0.05) is 19.3 Å². The number of carbonyl (C=O) groups excluding carboxylic acids is 3. The van der Waals surface area contributed by atoms with Crippen LogP contribution in [-0.2, 0) is 28.6 Å². The molecule has 0 spiro atoms. The molecule has 0 fully saturated rings. The molecule has 0 saturated heterocycles. The number of unbranched alkanes of at least 4 members (excludes halogenated alkanes) is 35. The van der Waals surface area contributed by atoms with E-state index in [1.54, 1.807) is 0 Å². The van der Waals surface area contributed by atoms with Gasteiger partial charge in [0.15, 0.2) is 6.10 Å². The summed E-state index contributed by atoms with van der Waals surface area (Å²) in [6, 6.07) is 0. The predicted molar refractivity (Wildman–Crippen MR) is 348 cm³/mol. The maximum atomic E-state index is 12.9. The van der Waals surface area contributed by atoms with Crippen molar-refractivity contribution in [3.05, 3.63) is 97.2 Å². The van der Waals surface area contributed by atoms with Gasteiger partial charge in [0.2, 0.25) is 0 Å². The van der Waals surface area contributed by atoms with Gasteiger partial charge >= 0.3 is 17.9 Å². The van der Waals surface area contributed by atoms with Crippen LogP contribution < -0.4 is 0 Å². The summed E-state index contributed by atoms with van der Waals surface area (Å²) < 4.78 is 16.9. The Morgan fingerprint density at radius 2 is 0.487 bits per heavy atom. The second-order valence-electron chi connectivity index (χ2n) is 22.7. The molecule has 0 bridgehead atoms. The van der Waals surface area contributed by atoms with Crippen LogP contribution in [0.3, 0.4) is 0 Å². The molecule has 0 rings (SSSR count). The van der Waals surface area contributed by atoms with Crippen molar-refractivity contribution in [1.29, 1.82) is 0 Å². The van der Waals surface area contributed by atoms with E-state index in [0.717, 1.165) is 103 Å². The van der Waals surface area contributed by atoms with Crippen LogP contribution in [0.4, 0.5) is 0 Å². The number of hydrogen-bond acceptors (Lipinski definition) is 6. The van der Waals surface area contributed by atoms with Crippen molar-refractivity contribution >= 4 is 17.9 Å². The third-order valence-corrected chi connectivity index (χ3v) is 14.8. The lowest BCUT2D eigenvalue weighted by molar-refractivity contribution is -0.167. The monoisotopic (exact) mass is 1110 g/mol. The minimum atomic E-state index is -0.806. The lowest BCUT2D eigenvalue weighted by Crippen LogP contribution is -2.30. The van der Waals surface area contributed by atoms with Gasteiger partial charge in [-0.05, 0) is 103 Å². The highest BCUT2D eigenvalue weighted by atomic mass is 16.6. The molecule has 6 heteroatoms. The second kappa shape index (κ2) is 67.8. The molecule has 0 heterocycles. The number of hydrogen-bond donors (Lipinski definition) is 0. The second-order valence-corrected chi connectivity index (χ2v) is 22.7. The van der Waals surface area contributed by atoms with Crippen LogP contribution in [-0.4, -0.2) is 37.2 Å². The molecule has 0 radical (unpaired) electrons. The largest absolute Gasteiger partial charge is 0.462 e. The average molecular weight is 1110 g/mol. The van der Waals surface area contributed by atoms with E-state index in [2.05, 4.69) is 118 Å². The summed E-state index contributed by atoms with van der Waals surface area (Å²) in [6.07, 6.45) is 91.4. The van der Waals surface area contributed by atoms with Gasteiger partial charge in [-0.1, -0.05) is 311 Å². The molecule has 1 atom stereocenters. The van der Waals surface area contributed by atoms with Crippen molar-refractivity contribution in [3.8, 4) is 0 Å². The summed E-state index contributed by atoms with van der Waals surface area (Å²) >= 11 is 0. The molecule has 6 nitrogen and oxygen atoms in total. The highest BCUT2D eigenvalue weighted by Gasteiger charge is 2.19. The van der Waals surface area contributed by atoms with Crippen LogP contribution in [0.2, 0.25) is 0 Å². The molecular weight excluding hydrogens is 985 g/mol. The molecule has 0 aromatic rings. The normalized spacial score (nSPS) is 12.7. The van der Waals surface area contributed by atoms with Gasteiger partial charge in [0.1, 0.15) is 13.2 Å². The minimum Gasteiger partial charge on any atom is -0.462 e. The maximum absolute atomic E-state index is 12.9. The van der Waals surface area contributed by atoms with Crippen LogP contribution in [0, 0.1) is 0 Å². The van der Waals surface area contributed by atoms with Gasteiger partial charge in [-0.15, -0.1) is 0 Å². The molecule has 0 aromatic carbocycles. The lowest BCUT2D eigenvalue weighted by Gasteiger charge is -2.18. The first-order valence-electron chi connectivity index (χ1n) is 34.2. The molecular formula is C74H128O6. The van der Waals surface area contributed by atoms with E-state index >= 15 is 0 Å². The number of allylic oxidation sites excluding steroid dienone is 16. The molecule has 80 heavy (non-hydrogen) atoms. The standard InChI is InChI=1S/C74H128O6/c1-4-7-10-13-16-19-22-25-28-31-34-36-37-39-40-43-46-49-52-55-58-61-64-67-73(76)79-70-71(69-78-72(75)66-63-60-57-54-51-48-45-42-33-30-27-24-21-18-15-12-9-6-3)80-74(77)68-65-62-59-56-53-50-47-44-41-38-35-32-29-26-23-20-17-14-11-8-5-2/h8,11,17,20-21,24,26,29-30,33,35,38,44,47,53,56,71H,4-7,9-10,12-16,18-19,22-23,25,27-28,31-32,34,36-37,39-43,45-46,48-52,54-55,57-70H2,1-3H3/b11-8-,20-17-,24-21-,29-26-,33-30-,38-35-,47-44-,56-53-. The number of ether oxygens (including phenoxy) is 3. The van der Waals surface area contributed by atoms with E-state index in [4.69, 9.17) is 14.2 Å². The van der Waals surface area contributed by atoms with Gasteiger partial charge in [-0.25, -0.2) is 0 Å². The number of rotatable bonds is 62. The third kappa shape index (κ3) is 65.1. The fraction of sp³-hybridized carbons (Fsp3) is 0.743. The Morgan fingerprint density at radius 3 is 0.800 bits per heavy atom. The summed E-state index contributed by atoms with van der Waals surface area (Å²) in [7, 11) is 0. The molecule has 0 aliphatic heterocycles. The third-order valence-electron chi connectivity index (χ3n) is 14.8. The molecule has 0 aliphatic carbocycles. The molecule has 0 amide bonds. The van der Waals surface area contributed by atoms with Gasteiger partial charge in [0.05, 0.1) is 0 Å². The van der Waals surface area contributed by atoms with Crippen LogP contribution in [0.25, 0.3) is 0 Å². The number of esters is 3. The van der Waals surface area contributed by atoms with Gasteiger partial charge in [-0.3, -0.25) is 14.4 Å². The van der Waals surface area contributed by atoms with Crippen LogP contribution >= 0.6 is 0 Å². The summed E-state index contributed by atoms with van der Waals surface area (Å²) in [5.41, 5.74) is 0. The Balaban J connectivity index is 4.43. The Hall–Kier alpha value is -3.67. The van der Waals surface area contributed by atoms with Crippen molar-refractivity contribution in [2.45, 2.75) is 341 Å². The zero-order valence-electron chi connectivity index (χ0n) is 52.8. The molecule has 1 unspecified atom stereocenters. The SMILES string of the molecule is CC/C=C\C/C=C\C/C=C\C/C=C\C/C=C\C/C=C\CCCCC(=O)OC(COC(=O)CCCCCCCCC/C=C\C/C=C\CCCCCC)COC(=O)CCCCCCCCCCCCCCCCCCCCCCCCC. The summed E-state index contributed by atoms with van der Waals surface area (Å²) in [5.74, 6) is -0.932. The zero-order valence-corrected chi connectivity index (χ0v) is 52.8. The smallest absolute Gasteiger partial charge is 0.306 e. The van der Waals surface area contributed by atoms with Crippen molar-refractivity contribution in [3.63, 3.8) is 0 Å². The Morgan fingerprint density at radius 1 is 0.263 bits per heavy atom. The number of carbonyl (C=O) groups is 3. The summed E-state index contributed by atoms with van der Waals surface area (Å²) in [5, 5.41) is 0. The van der Waals surface area contributed by atoms with Crippen molar-refractivity contribution in [2.24, 2.45) is 0 Å². The first-order valence-corrected chi connectivity index (χ1v) is 34.2. The predicted octanol–water partition coefficient (Wildman–Crippen LogP) is 23.6. The quantitative estimate of drug-likeness (QED) is 0.0261. The van der Waals surface area contributed by atoms with Crippen molar-refractivity contribution in [1.82, 2.24) is 0 Å². The van der Waals surface area contributed by atoms with E-state index < -0.39 is 6.10 Å². The molecule has 0 aliphatic rings. The molecule has 460 valence electrons. The highest BCUT2D eigenvalue weighted by Crippen LogP contribution is 2.17. The van der Waals surface area contributed by atoms with Crippen LogP contribution in [0.15, 0.2) is 97.2 Å². The summed E-state index contributed by atoms with van der Waals surface area (Å²) in [4.78, 5) is 38.4. The zero-order chi connectivity index (χ0) is 57.8. The first kappa shape index (κ1) is 76.3. The fourth-order valence-corrected chi connectivity index (χ4v) is 9.71. The average Bonchev–Trinajstić information content (AvgIpc) is 3.46.